The van der Waals surface area contributed by atoms with E-state index >= 15 is 0 Å². The first-order chi connectivity index (χ1) is 7.17. The SMILES string of the molecule is CCC(C)CC(CBr)c1cccc(C)c1. The van der Waals surface area contributed by atoms with Crippen molar-refractivity contribution in [2.45, 2.75) is 39.5 Å². The van der Waals surface area contributed by atoms with Crippen molar-refractivity contribution in [3.63, 3.8) is 0 Å². The zero-order valence-corrected chi connectivity index (χ0v) is 11.5. The Morgan fingerprint density at radius 2 is 2.07 bits per heavy atom. The zero-order chi connectivity index (χ0) is 11.3. The van der Waals surface area contributed by atoms with Crippen molar-refractivity contribution in [3.05, 3.63) is 35.4 Å². The monoisotopic (exact) mass is 268 g/mol. The van der Waals surface area contributed by atoms with Gasteiger partial charge in [0.15, 0.2) is 0 Å². The number of alkyl halides is 1. The van der Waals surface area contributed by atoms with Crippen molar-refractivity contribution in [1.29, 1.82) is 0 Å². The molecule has 1 aromatic carbocycles. The van der Waals surface area contributed by atoms with Crippen LogP contribution < -0.4 is 0 Å². The molecule has 0 saturated carbocycles. The van der Waals surface area contributed by atoms with Crippen LogP contribution in [-0.4, -0.2) is 5.33 Å². The van der Waals surface area contributed by atoms with Gasteiger partial charge in [0.25, 0.3) is 0 Å². The average Bonchev–Trinajstić information content (AvgIpc) is 2.25. The number of aryl methyl sites for hydroxylation is 1. The van der Waals surface area contributed by atoms with Gasteiger partial charge in [0.05, 0.1) is 0 Å². The molecule has 0 radical (unpaired) electrons. The molecule has 0 aromatic heterocycles. The number of rotatable bonds is 5. The molecule has 0 N–H and O–H groups in total. The molecule has 2 unspecified atom stereocenters. The van der Waals surface area contributed by atoms with E-state index in [0.29, 0.717) is 5.92 Å². The molecular formula is C14H21Br. The fourth-order valence-electron chi connectivity index (χ4n) is 1.86. The van der Waals surface area contributed by atoms with Crippen LogP contribution in [0.25, 0.3) is 0 Å². The fraction of sp³-hybridized carbons (Fsp3) is 0.571. The molecule has 0 aliphatic heterocycles. The first kappa shape index (κ1) is 12.8. The predicted octanol–water partition coefficient (Wildman–Crippen LogP) is 4.91. The Morgan fingerprint density at radius 3 is 2.60 bits per heavy atom. The second-order valence-electron chi connectivity index (χ2n) is 4.51. The maximum atomic E-state index is 3.63. The Hall–Kier alpha value is -0.300. The topological polar surface area (TPSA) is 0 Å². The molecular weight excluding hydrogens is 248 g/mol. The molecule has 84 valence electrons. The standard InChI is InChI=1S/C14H21Br/c1-4-11(2)8-14(10-15)13-7-5-6-12(3)9-13/h5-7,9,11,14H,4,8,10H2,1-3H3. The highest BCUT2D eigenvalue weighted by Gasteiger charge is 2.13. The largest absolute Gasteiger partial charge is 0.0921 e. The minimum Gasteiger partial charge on any atom is -0.0921 e. The summed E-state index contributed by atoms with van der Waals surface area (Å²) in [5, 5.41) is 1.07. The normalized spacial score (nSPS) is 14.9. The van der Waals surface area contributed by atoms with Gasteiger partial charge in [-0.05, 0) is 30.7 Å². The maximum Gasteiger partial charge on any atom is 0.0100 e. The van der Waals surface area contributed by atoms with E-state index in [0.717, 1.165) is 11.2 Å². The third kappa shape index (κ3) is 3.98. The minimum absolute atomic E-state index is 0.667. The molecule has 1 heteroatoms. The van der Waals surface area contributed by atoms with Gasteiger partial charge in [-0.2, -0.15) is 0 Å². The molecule has 0 aliphatic carbocycles. The van der Waals surface area contributed by atoms with Crippen LogP contribution in [0.5, 0.6) is 0 Å². The highest BCUT2D eigenvalue weighted by molar-refractivity contribution is 9.09. The van der Waals surface area contributed by atoms with Crippen LogP contribution in [-0.2, 0) is 0 Å². The number of benzene rings is 1. The van der Waals surface area contributed by atoms with Crippen LogP contribution in [0.3, 0.4) is 0 Å². The molecule has 0 fully saturated rings. The van der Waals surface area contributed by atoms with Crippen molar-refractivity contribution >= 4 is 15.9 Å². The lowest BCUT2D eigenvalue weighted by atomic mass is 9.89. The van der Waals surface area contributed by atoms with Gasteiger partial charge < -0.3 is 0 Å². The van der Waals surface area contributed by atoms with Crippen molar-refractivity contribution in [2.24, 2.45) is 5.92 Å². The first-order valence-corrected chi connectivity index (χ1v) is 6.92. The number of halogens is 1. The third-order valence-corrected chi connectivity index (χ3v) is 3.87. The summed E-state index contributed by atoms with van der Waals surface area (Å²) in [6.07, 6.45) is 2.56. The molecule has 0 aliphatic rings. The highest BCUT2D eigenvalue weighted by Crippen LogP contribution is 2.27. The van der Waals surface area contributed by atoms with Gasteiger partial charge in [-0.3, -0.25) is 0 Å². The molecule has 2 atom stereocenters. The molecule has 1 aromatic rings. The summed E-state index contributed by atoms with van der Waals surface area (Å²) in [7, 11) is 0. The summed E-state index contributed by atoms with van der Waals surface area (Å²) >= 11 is 3.63. The average molecular weight is 269 g/mol. The quantitative estimate of drug-likeness (QED) is 0.666. The number of hydrogen-bond acceptors (Lipinski definition) is 0. The third-order valence-electron chi connectivity index (χ3n) is 3.08. The molecule has 0 amide bonds. The van der Waals surface area contributed by atoms with Gasteiger partial charge >= 0.3 is 0 Å². The van der Waals surface area contributed by atoms with E-state index in [9.17, 15) is 0 Å². The van der Waals surface area contributed by atoms with Gasteiger partial charge in [0, 0.05) is 5.33 Å². The zero-order valence-electron chi connectivity index (χ0n) is 9.96. The molecule has 15 heavy (non-hydrogen) atoms. The smallest absolute Gasteiger partial charge is 0.0100 e. The lowest BCUT2D eigenvalue weighted by Gasteiger charge is -2.18. The summed E-state index contributed by atoms with van der Waals surface area (Å²) < 4.78 is 0. The van der Waals surface area contributed by atoms with Crippen LogP contribution in [0, 0.1) is 12.8 Å². The van der Waals surface area contributed by atoms with E-state index in [-0.39, 0.29) is 0 Å². The Kier molecular flexibility index (Phi) is 5.38. The predicted molar refractivity (Wildman–Crippen MR) is 71.8 cm³/mol. The molecule has 1 rings (SSSR count). The molecule has 0 saturated heterocycles. The Bertz CT molecular complexity index is 293. The van der Waals surface area contributed by atoms with Gasteiger partial charge in [-0.15, -0.1) is 0 Å². The van der Waals surface area contributed by atoms with Gasteiger partial charge in [0.2, 0.25) is 0 Å². The fourth-order valence-corrected chi connectivity index (χ4v) is 2.50. The molecule has 0 bridgehead atoms. The second kappa shape index (κ2) is 6.32. The Morgan fingerprint density at radius 1 is 1.33 bits per heavy atom. The van der Waals surface area contributed by atoms with E-state index < -0.39 is 0 Å². The maximum absolute atomic E-state index is 3.63. The Labute approximate surface area is 102 Å². The summed E-state index contributed by atoms with van der Waals surface area (Å²) in [6.45, 7) is 6.77. The van der Waals surface area contributed by atoms with Crippen LogP contribution in [0.4, 0.5) is 0 Å². The van der Waals surface area contributed by atoms with Gasteiger partial charge in [-0.1, -0.05) is 66.0 Å². The number of hydrogen-bond donors (Lipinski definition) is 0. The van der Waals surface area contributed by atoms with E-state index in [2.05, 4.69) is 61.0 Å². The lowest BCUT2D eigenvalue weighted by molar-refractivity contribution is 0.475. The molecule has 0 heterocycles. The first-order valence-electron chi connectivity index (χ1n) is 5.79. The summed E-state index contributed by atoms with van der Waals surface area (Å²) in [4.78, 5) is 0. The van der Waals surface area contributed by atoms with Crippen LogP contribution in [0.15, 0.2) is 24.3 Å². The van der Waals surface area contributed by atoms with Crippen molar-refractivity contribution in [2.75, 3.05) is 5.33 Å². The molecule has 0 nitrogen and oxygen atoms in total. The van der Waals surface area contributed by atoms with Crippen LogP contribution >= 0.6 is 15.9 Å². The Balaban J connectivity index is 2.73. The van der Waals surface area contributed by atoms with Crippen LogP contribution in [0.1, 0.15) is 43.7 Å². The van der Waals surface area contributed by atoms with Gasteiger partial charge in [0.1, 0.15) is 0 Å². The van der Waals surface area contributed by atoms with Crippen molar-refractivity contribution in [1.82, 2.24) is 0 Å². The van der Waals surface area contributed by atoms with Crippen molar-refractivity contribution < 1.29 is 0 Å². The summed E-state index contributed by atoms with van der Waals surface area (Å²) in [5.41, 5.74) is 2.84. The highest BCUT2D eigenvalue weighted by atomic mass is 79.9. The van der Waals surface area contributed by atoms with Crippen molar-refractivity contribution in [3.8, 4) is 0 Å². The summed E-state index contributed by atoms with van der Waals surface area (Å²) in [6, 6.07) is 8.89. The minimum atomic E-state index is 0.667. The van der Waals surface area contributed by atoms with E-state index in [1.807, 2.05) is 0 Å². The lowest BCUT2D eigenvalue weighted by Crippen LogP contribution is -2.06. The summed E-state index contributed by atoms with van der Waals surface area (Å²) in [5.74, 6) is 1.48. The second-order valence-corrected chi connectivity index (χ2v) is 5.16. The van der Waals surface area contributed by atoms with E-state index in [4.69, 9.17) is 0 Å². The van der Waals surface area contributed by atoms with Gasteiger partial charge in [-0.25, -0.2) is 0 Å². The van der Waals surface area contributed by atoms with E-state index in [1.54, 1.807) is 0 Å². The van der Waals surface area contributed by atoms with Crippen LogP contribution in [0.2, 0.25) is 0 Å². The molecule has 0 spiro atoms. The van der Waals surface area contributed by atoms with E-state index in [1.165, 1.54) is 24.0 Å².